The lowest BCUT2D eigenvalue weighted by Gasteiger charge is -2.32. The van der Waals surface area contributed by atoms with Gasteiger partial charge in [0.25, 0.3) is 0 Å². The van der Waals surface area contributed by atoms with E-state index in [2.05, 4.69) is 10.4 Å². The van der Waals surface area contributed by atoms with Crippen LogP contribution in [0.4, 0.5) is 0 Å². The Morgan fingerprint density at radius 2 is 1.95 bits per heavy atom. The maximum atomic E-state index is 10.4. The zero-order valence-electron chi connectivity index (χ0n) is 12.0. The first-order valence-electron chi connectivity index (χ1n) is 7.36. The van der Waals surface area contributed by atoms with Crippen molar-refractivity contribution in [2.45, 2.75) is 25.0 Å². The van der Waals surface area contributed by atoms with Gasteiger partial charge in [-0.25, -0.2) is 4.68 Å². The molecule has 3 rings (SSSR count). The smallest absolute Gasteiger partial charge is 0.0815 e. The topological polar surface area (TPSA) is 59.3 Å². The van der Waals surface area contributed by atoms with E-state index in [1.54, 1.807) is 0 Å². The van der Waals surface area contributed by atoms with Crippen LogP contribution in [0.25, 0.3) is 5.69 Å². The molecule has 1 fully saturated rings. The molecule has 0 saturated carbocycles. The van der Waals surface area contributed by atoms with Gasteiger partial charge < -0.3 is 15.2 Å². The van der Waals surface area contributed by atoms with Gasteiger partial charge in [0.15, 0.2) is 0 Å². The van der Waals surface area contributed by atoms with Crippen LogP contribution >= 0.6 is 0 Å². The van der Waals surface area contributed by atoms with Gasteiger partial charge in [-0.15, -0.1) is 0 Å². The first kappa shape index (κ1) is 14.3. The standard InChI is InChI=1S/C16H21N3O2/c20-16(7-10-21-11-8-16)13-17-12-14-6-9-19(18-14)15-4-2-1-3-5-15/h1-6,9,17,20H,7-8,10-13H2. The van der Waals surface area contributed by atoms with E-state index >= 15 is 0 Å². The third-order valence-electron chi connectivity index (χ3n) is 3.85. The quantitative estimate of drug-likeness (QED) is 0.875. The van der Waals surface area contributed by atoms with Crippen LogP contribution in [0.15, 0.2) is 42.6 Å². The SMILES string of the molecule is OC1(CNCc2ccn(-c3ccccc3)n2)CCOCC1. The number of hydrogen-bond donors (Lipinski definition) is 2. The normalized spacial score (nSPS) is 17.8. The fraction of sp³-hybridized carbons (Fsp3) is 0.438. The second-order valence-electron chi connectivity index (χ2n) is 5.53. The van der Waals surface area contributed by atoms with Gasteiger partial charge in [0.05, 0.1) is 17.0 Å². The van der Waals surface area contributed by atoms with Gasteiger partial charge in [0, 0.05) is 45.3 Å². The van der Waals surface area contributed by atoms with E-state index in [0.29, 0.717) is 39.1 Å². The average Bonchev–Trinajstić information content (AvgIpc) is 2.98. The van der Waals surface area contributed by atoms with Gasteiger partial charge in [0.2, 0.25) is 0 Å². The lowest BCUT2D eigenvalue weighted by atomic mass is 9.94. The van der Waals surface area contributed by atoms with Crippen molar-refractivity contribution >= 4 is 0 Å². The zero-order chi connectivity index (χ0) is 14.5. The Hall–Kier alpha value is -1.69. The molecule has 112 valence electrons. The number of nitrogens with zero attached hydrogens (tertiary/aromatic N) is 2. The molecular formula is C16H21N3O2. The Kier molecular flexibility index (Phi) is 4.34. The Morgan fingerprint density at radius 3 is 2.71 bits per heavy atom. The first-order valence-corrected chi connectivity index (χ1v) is 7.36. The fourth-order valence-corrected chi connectivity index (χ4v) is 2.53. The van der Waals surface area contributed by atoms with Crippen molar-refractivity contribution in [1.29, 1.82) is 0 Å². The van der Waals surface area contributed by atoms with E-state index in [9.17, 15) is 5.11 Å². The van der Waals surface area contributed by atoms with E-state index in [1.807, 2.05) is 47.3 Å². The van der Waals surface area contributed by atoms with Crippen molar-refractivity contribution in [3.63, 3.8) is 0 Å². The van der Waals surface area contributed by atoms with E-state index in [4.69, 9.17) is 4.74 Å². The molecule has 2 heterocycles. The fourth-order valence-electron chi connectivity index (χ4n) is 2.53. The van der Waals surface area contributed by atoms with Crippen molar-refractivity contribution < 1.29 is 9.84 Å². The minimum atomic E-state index is -0.639. The molecule has 1 aliphatic heterocycles. The molecule has 0 atom stereocenters. The van der Waals surface area contributed by atoms with Crippen molar-refractivity contribution in [1.82, 2.24) is 15.1 Å². The number of ether oxygens (including phenoxy) is 1. The van der Waals surface area contributed by atoms with Gasteiger partial charge in [0.1, 0.15) is 0 Å². The van der Waals surface area contributed by atoms with Crippen molar-refractivity contribution in [3.05, 3.63) is 48.3 Å². The summed E-state index contributed by atoms with van der Waals surface area (Å²) in [6, 6.07) is 12.0. The molecule has 5 heteroatoms. The molecule has 0 radical (unpaired) electrons. The highest BCUT2D eigenvalue weighted by molar-refractivity contribution is 5.30. The summed E-state index contributed by atoms with van der Waals surface area (Å²) >= 11 is 0. The van der Waals surface area contributed by atoms with Gasteiger partial charge >= 0.3 is 0 Å². The molecule has 0 spiro atoms. The van der Waals surface area contributed by atoms with Crippen LogP contribution in [0.2, 0.25) is 0 Å². The summed E-state index contributed by atoms with van der Waals surface area (Å²) in [6.45, 7) is 2.51. The van der Waals surface area contributed by atoms with Crippen molar-refractivity contribution in [2.24, 2.45) is 0 Å². The molecule has 1 aliphatic rings. The third-order valence-corrected chi connectivity index (χ3v) is 3.85. The molecule has 1 aromatic heterocycles. The van der Waals surface area contributed by atoms with E-state index in [0.717, 1.165) is 11.4 Å². The molecular weight excluding hydrogens is 266 g/mol. The van der Waals surface area contributed by atoms with Crippen LogP contribution in [0, 0.1) is 0 Å². The summed E-state index contributed by atoms with van der Waals surface area (Å²) in [5.41, 5.74) is 1.38. The Balaban J connectivity index is 1.53. The molecule has 5 nitrogen and oxygen atoms in total. The predicted molar refractivity (Wildman–Crippen MR) is 80.3 cm³/mol. The van der Waals surface area contributed by atoms with Crippen LogP contribution in [0.3, 0.4) is 0 Å². The summed E-state index contributed by atoms with van der Waals surface area (Å²) in [5, 5.41) is 18.2. The number of rotatable bonds is 5. The Labute approximate surface area is 124 Å². The van der Waals surface area contributed by atoms with Crippen LogP contribution in [-0.4, -0.2) is 40.2 Å². The number of aliphatic hydroxyl groups is 1. The summed E-state index contributed by atoms with van der Waals surface area (Å²) < 4.78 is 7.14. The highest BCUT2D eigenvalue weighted by Crippen LogP contribution is 2.19. The highest BCUT2D eigenvalue weighted by atomic mass is 16.5. The molecule has 2 N–H and O–H groups in total. The van der Waals surface area contributed by atoms with Crippen LogP contribution in [0.5, 0.6) is 0 Å². The van der Waals surface area contributed by atoms with Gasteiger partial charge in [-0.05, 0) is 18.2 Å². The summed E-state index contributed by atoms with van der Waals surface area (Å²) in [6.07, 6.45) is 3.34. The number of benzene rings is 1. The predicted octanol–water partition coefficient (Wildman–Crippen LogP) is 1.50. The maximum absolute atomic E-state index is 10.4. The van der Waals surface area contributed by atoms with Crippen molar-refractivity contribution in [3.8, 4) is 5.69 Å². The molecule has 1 saturated heterocycles. The van der Waals surface area contributed by atoms with E-state index < -0.39 is 5.60 Å². The lowest BCUT2D eigenvalue weighted by molar-refractivity contribution is -0.0617. The van der Waals surface area contributed by atoms with Gasteiger partial charge in [-0.3, -0.25) is 0 Å². The molecule has 0 amide bonds. The second-order valence-corrected chi connectivity index (χ2v) is 5.53. The number of hydrogen-bond acceptors (Lipinski definition) is 4. The second kappa shape index (κ2) is 6.39. The number of nitrogens with one attached hydrogen (secondary N) is 1. The van der Waals surface area contributed by atoms with Gasteiger partial charge in [-0.2, -0.15) is 5.10 Å². The number of aromatic nitrogens is 2. The highest BCUT2D eigenvalue weighted by Gasteiger charge is 2.29. The summed E-state index contributed by atoms with van der Waals surface area (Å²) in [7, 11) is 0. The Bertz CT molecular complexity index is 562. The van der Waals surface area contributed by atoms with E-state index in [1.165, 1.54) is 0 Å². The molecule has 0 aliphatic carbocycles. The molecule has 1 aromatic carbocycles. The monoisotopic (exact) mass is 287 g/mol. The maximum Gasteiger partial charge on any atom is 0.0815 e. The van der Waals surface area contributed by atoms with Crippen LogP contribution in [0.1, 0.15) is 18.5 Å². The minimum Gasteiger partial charge on any atom is -0.388 e. The largest absolute Gasteiger partial charge is 0.388 e. The minimum absolute atomic E-state index is 0.578. The van der Waals surface area contributed by atoms with Crippen molar-refractivity contribution in [2.75, 3.05) is 19.8 Å². The summed E-state index contributed by atoms with van der Waals surface area (Å²) in [4.78, 5) is 0. The molecule has 2 aromatic rings. The molecule has 0 bridgehead atoms. The Morgan fingerprint density at radius 1 is 1.19 bits per heavy atom. The van der Waals surface area contributed by atoms with E-state index in [-0.39, 0.29) is 0 Å². The molecule has 21 heavy (non-hydrogen) atoms. The third kappa shape index (κ3) is 3.69. The zero-order valence-corrected chi connectivity index (χ0v) is 12.0. The van der Waals surface area contributed by atoms with Crippen LogP contribution in [-0.2, 0) is 11.3 Å². The molecule has 0 unspecified atom stereocenters. The number of para-hydroxylation sites is 1. The lowest BCUT2D eigenvalue weighted by Crippen LogP contribution is -2.44. The first-order chi connectivity index (χ1) is 10.3. The summed E-state index contributed by atoms with van der Waals surface area (Å²) in [5.74, 6) is 0. The average molecular weight is 287 g/mol. The van der Waals surface area contributed by atoms with Gasteiger partial charge in [-0.1, -0.05) is 18.2 Å². The van der Waals surface area contributed by atoms with Crippen LogP contribution < -0.4 is 5.32 Å².